The van der Waals surface area contributed by atoms with Crippen molar-refractivity contribution in [1.29, 1.82) is 0 Å². The van der Waals surface area contributed by atoms with Crippen molar-refractivity contribution in [3.8, 4) is 0 Å². The van der Waals surface area contributed by atoms with Gasteiger partial charge in [-0.15, -0.1) is 0 Å². The Balaban J connectivity index is 0.000000461. The fourth-order valence-corrected chi connectivity index (χ4v) is 1.65. The van der Waals surface area contributed by atoms with Gasteiger partial charge >= 0.3 is 0 Å². The summed E-state index contributed by atoms with van der Waals surface area (Å²) < 4.78 is 2.24. The standard InChI is InChI=1S/C9H15N3.C2H6/c1-8(2)11-3-4-12-7-10-5-9(12)6-11;1-2/h5,7-8H,3-4,6H2,1-2H3;1-2H3. The average Bonchev–Trinajstić information content (AvgIpc) is 2.67. The lowest BCUT2D eigenvalue weighted by atomic mass is 10.2. The lowest BCUT2D eigenvalue weighted by Crippen LogP contribution is -2.37. The maximum Gasteiger partial charge on any atom is 0.0949 e. The second-order valence-corrected chi connectivity index (χ2v) is 3.64. The number of fused-ring (bicyclic) bond motifs is 1. The topological polar surface area (TPSA) is 21.1 Å². The van der Waals surface area contributed by atoms with Crippen molar-refractivity contribution in [3.05, 3.63) is 18.2 Å². The van der Waals surface area contributed by atoms with Gasteiger partial charge in [0.1, 0.15) is 0 Å². The Labute approximate surface area is 86.7 Å². The van der Waals surface area contributed by atoms with Gasteiger partial charge in [0.05, 0.1) is 12.0 Å². The quantitative estimate of drug-likeness (QED) is 0.684. The van der Waals surface area contributed by atoms with E-state index in [9.17, 15) is 0 Å². The van der Waals surface area contributed by atoms with Gasteiger partial charge in [0, 0.05) is 31.9 Å². The van der Waals surface area contributed by atoms with E-state index < -0.39 is 0 Å². The summed E-state index contributed by atoms with van der Waals surface area (Å²) in [5.41, 5.74) is 1.34. The minimum atomic E-state index is 0.647. The number of hydrogen-bond donors (Lipinski definition) is 0. The summed E-state index contributed by atoms with van der Waals surface area (Å²) in [7, 11) is 0. The van der Waals surface area contributed by atoms with Crippen LogP contribution in [-0.2, 0) is 13.1 Å². The zero-order valence-corrected chi connectivity index (χ0v) is 9.70. The number of imidazole rings is 1. The summed E-state index contributed by atoms with van der Waals surface area (Å²) in [6, 6.07) is 0.647. The van der Waals surface area contributed by atoms with Gasteiger partial charge in [-0.1, -0.05) is 13.8 Å². The van der Waals surface area contributed by atoms with Gasteiger partial charge in [0.15, 0.2) is 0 Å². The number of hydrogen-bond acceptors (Lipinski definition) is 2. The molecule has 0 aromatic carbocycles. The van der Waals surface area contributed by atoms with E-state index >= 15 is 0 Å². The molecule has 1 aliphatic rings. The molecule has 0 spiro atoms. The molecule has 2 heterocycles. The molecule has 0 unspecified atom stereocenters. The largest absolute Gasteiger partial charge is 0.332 e. The molecule has 0 saturated carbocycles. The van der Waals surface area contributed by atoms with Crippen molar-refractivity contribution in [1.82, 2.24) is 14.5 Å². The lowest BCUT2D eigenvalue weighted by Gasteiger charge is -2.31. The highest BCUT2D eigenvalue weighted by atomic mass is 15.2. The van der Waals surface area contributed by atoms with Gasteiger partial charge in [-0.2, -0.15) is 0 Å². The highest BCUT2D eigenvalue weighted by molar-refractivity contribution is 5.01. The predicted octanol–water partition coefficient (Wildman–Crippen LogP) is 2.13. The smallest absolute Gasteiger partial charge is 0.0949 e. The van der Waals surface area contributed by atoms with E-state index in [2.05, 4.69) is 28.3 Å². The van der Waals surface area contributed by atoms with Crippen LogP contribution in [-0.4, -0.2) is 27.0 Å². The Bertz CT molecular complexity index is 265. The van der Waals surface area contributed by atoms with Gasteiger partial charge in [0.2, 0.25) is 0 Å². The average molecular weight is 195 g/mol. The number of nitrogens with zero attached hydrogens (tertiary/aromatic N) is 3. The van der Waals surface area contributed by atoms with Crippen molar-refractivity contribution in [2.75, 3.05) is 6.54 Å². The fraction of sp³-hybridized carbons (Fsp3) is 0.727. The Hall–Kier alpha value is -0.830. The van der Waals surface area contributed by atoms with E-state index in [1.165, 1.54) is 5.69 Å². The zero-order valence-electron chi connectivity index (χ0n) is 9.70. The maximum absolute atomic E-state index is 4.13. The molecular weight excluding hydrogens is 174 g/mol. The molecular formula is C11H21N3. The third kappa shape index (κ3) is 2.35. The molecule has 80 valence electrons. The van der Waals surface area contributed by atoms with Crippen LogP contribution in [0, 0.1) is 0 Å². The Morgan fingerprint density at radius 3 is 2.64 bits per heavy atom. The van der Waals surface area contributed by atoms with E-state index in [0.717, 1.165) is 19.6 Å². The highest BCUT2D eigenvalue weighted by Gasteiger charge is 2.17. The van der Waals surface area contributed by atoms with Crippen LogP contribution < -0.4 is 0 Å². The van der Waals surface area contributed by atoms with Gasteiger partial charge in [-0.3, -0.25) is 4.90 Å². The summed E-state index contributed by atoms with van der Waals surface area (Å²) in [5.74, 6) is 0. The third-order valence-electron chi connectivity index (χ3n) is 2.52. The molecule has 1 aromatic heterocycles. The van der Waals surface area contributed by atoms with Crippen LogP contribution in [0.1, 0.15) is 33.4 Å². The van der Waals surface area contributed by atoms with E-state index in [4.69, 9.17) is 0 Å². The second kappa shape index (κ2) is 5.15. The first-order valence-electron chi connectivity index (χ1n) is 5.50. The van der Waals surface area contributed by atoms with Crippen LogP contribution >= 0.6 is 0 Å². The van der Waals surface area contributed by atoms with Crippen LogP contribution in [0.15, 0.2) is 12.5 Å². The van der Waals surface area contributed by atoms with Crippen LogP contribution in [0.5, 0.6) is 0 Å². The van der Waals surface area contributed by atoms with E-state index in [0.29, 0.717) is 6.04 Å². The Morgan fingerprint density at radius 1 is 1.29 bits per heavy atom. The van der Waals surface area contributed by atoms with Gasteiger partial charge in [-0.25, -0.2) is 4.98 Å². The first kappa shape index (κ1) is 11.2. The van der Waals surface area contributed by atoms with E-state index in [1.54, 1.807) is 0 Å². The molecule has 0 N–H and O–H groups in total. The molecule has 0 bridgehead atoms. The van der Waals surface area contributed by atoms with Crippen molar-refractivity contribution in [2.24, 2.45) is 0 Å². The first-order valence-corrected chi connectivity index (χ1v) is 5.50. The number of rotatable bonds is 1. The predicted molar refractivity (Wildman–Crippen MR) is 59.1 cm³/mol. The SMILES string of the molecule is CC.CC(C)N1CCn2cncc2C1. The monoisotopic (exact) mass is 195 g/mol. The van der Waals surface area contributed by atoms with E-state index in [-0.39, 0.29) is 0 Å². The highest BCUT2D eigenvalue weighted by Crippen LogP contribution is 2.13. The zero-order chi connectivity index (χ0) is 10.6. The molecule has 1 aromatic rings. The van der Waals surface area contributed by atoms with Crippen molar-refractivity contribution >= 4 is 0 Å². The van der Waals surface area contributed by atoms with Gasteiger partial charge in [0.25, 0.3) is 0 Å². The van der Waals surface area contributed by atoms with Crippen molar-refractivity contribution < 1.29 is 0 Å². The fourth-order valence-electron chi connectivity index (χ4n) is 1.65. The maximum atomic E-state index is 4.13. The van der Waals surface area contributed by atoms with Crippen LogP contribution in [0.2, 0.25) is 0 Å². The van der Waals surface area contributed by atoms with Crippen molar-refractivity contribution in [3.63, 3.8) is 0 Å². The molecule has 3 nitrogen and oxygen atoms in total. The van der Waals surface area contributed by atoms with Crippen molar-refractivity contribution in [2.45, 2.75) is 46.8 Å². The van der Waals surface area contributed by atoms with Crippen LogP contribution in [0.25, 0.3) is 0 Å². The van der Waals surface area contributed by atoms with Gasteiger partial charge < -0.3 is 4.57 Å². The van der Waals surface area contributed by atoms with Crippen LogP contribution in [0.3, 0.4) is 0 Å². The molecule has 2 rings (SSSR count). The molecule has 0 atom stereocenters. The molecule has 0 fully saturated rings. The molecule has 1 aliphatic heterocycles. The summed E-state index contributed by atoms with van der Waals surface area (Å²) in [6.45, 7) is 11.8. The molecule has 0 saturated heterocycles. The number of aromatic nitrogens is 2. The summed E-state index contributed by atoms with van der Waals surface area (Å²) in [5, 5.41) is 0. The second-order valence-electron chi connectivity index (χ2n) is 3.64. The molecule has 0 aliphatic carbocycles. The minimum absolute atomic E-state index is 0.647. The molecule has 3 heteroatoms. The van der Waals surface area contributed by atoms with Gasteiger partial charge in [-0.05, 0) is 13.8 Å². The molecule has 14 heavy (non-hydrogen) atoms. The molecule has 0 radical (unpaired) electrons. The lowest BCUT2D eigenvalue weighted by molar-refractivity contribution is 0.177. The normalized spacial score (nSPS) is 16.1. The summed E-state index contributed by atoms with van der Waals surface area (Å²) in [4.78, 5) is 6.60. The summed E-state index contributed by atoms with van der Waals surface area (Å²) in [6.07, 6.45) is 3.89. The minimum Gasteiger partial charge on any atom is -0.332 e. The third-order valence-corrected chi connectivity index (χ3v) is 2.52. The molecule has 0 amide bonds. The Kier molecular flexibility index (Phi) is 4.14. The van der Waals surface area contributed by atoms with E-state index in [1.807, 2.05) is 26.4 Å². The Morgan fingerprint density at radius 2 is 2.00 bits per heavy atom. The summed E-state index contributed by atoms with van der Waals surface area (Å²) >= 11 is 0. The van der Waals surface area contributed by atoms with Crippen LogP contribution in [0.4, 0.5) is 0 Å². The first-order chi connectivity index (χ1) is 6.77.